The van der Waals surface area contributed by atoms with Crippen LogP contribution in [0.25, 0.3) is 0 Å². The van der Waals surface area contributed by atoms with Gasteiger partial charge >= 0.3 is 0 Å². The maximum Gasteiger partial charge on any atom is 0.0761 e. The summed E-state index contributed by atoms with van der Waals surface area (Å²) < 4.78 is 0. The molecule has 0 aliphatic heterocycles. The number of hydrogen-bond acceptors (Lipinski definition) is 1. The molecule has 0 unspecified atom stereocenters. The van der Waals surface area contributed by atoms with Gasteiger partial charge in [0.25, 0.3) is 0 Å². The van der Waals surface area contributed by atoms with E-state index in [1.54, 1.807) is 0 Å². The average Bonchev–Trinajstić information content (AvgIpc) is 2.24. The Kier molecular flexibility index (Phi) is 5.28. The van der Waals surface area contributed by atoms with Crippen LogP contribution in [0.15, 0.2) is 30.3 Å². The van der Waals surface area contributed by atoms with Gasteiger partial charge in [-0.15, -0.1) is 0 Å². The highest BCUT2D eigenvalue weighted by molar-refractivity contribution is 7.73. The standard InChI is InChI=1S/C14H25NP/c1-5-11-15(12-13-16(2,3)4)14-9-7-6-8-10-14/h6-10H,5,11-13H2,1-4H3/q+1. The van der Waals surface area contributed by atoms with E-state index < -0.39 is 7.26 Å². The first-order valence-electron chi connectivity index (χ1n) is 6.13. The van der Waals surface area contributed by atoms with E-state index >= 15 is 0 Å². The molecular formula is C14H25NP+. The van der Waals surface area contributed by atoms with E-state index in [-0.39, 0.29) is 0 Å². The van der Waals surface area contributed by atoms with Crippen molar-refractivity contribution in [2.75, 3.05) is 44.1 Å². The van der Waals surface area contributed by atoms with E-state index in [4.69, 9.17) is 0 Å². The van der Waals surface area contributed by atoms with E-state index in [9.17, 15) is 0 Å². The Morgan fingerprint density at radius 3 is 2.12 bits per heavy atom. The Morgan fingerprint density at radius 1 is 1.00 bits per heavy atom. The highest BCUT2D eigenvalue weighted by atomic mass is 31.2. The lowest BCUT2D eigenvalue weighted by molar-refractivity contribution is 0.793. The van der Waals surface area contributed by atoms with Crippen molar-refractivity contribution in [1.82, 2.24) is 0 Å². The minimum atomic E-state index is -0.655. The van der Waals surface area contributed by atoms with Gasteiger partial charge in [-0.1, -0.05) is 25.1 Å². The average molecular weight is 238 g/mol. The van der Waals surface area contributed by atoms with Crippen LogP contribution < -0.4 is 4.90 Å². The molecule has 1 rings (SSSR count). The first-order valence-corrected chi connectivity index (χ1v) is 9.45. The molecule has 0 bridgehead atoms. The highest BCUT2D eigenvalue weighted by Crippen LogP contribution is 2.46. The predicted molar refractivity (Wildman–Crippen MR) is 78.5 cm³/mol. The smallest absolute Gasteiger partial charge is 0.0761 e. The van der Waals surface area contributed by atoms with Crippen LogP contribution in [0.3, 0.4) is 0 Å². The molecule has 0 fully saturated rings. The zero-order valence-electron chi connectivity index (χ0n) is 11.1. The topological polar surface area (TPSA) is 3.24 Å². The third-order valence-electron chi connectivity index (χ3n) is 2.66. The Hall–Kier alpha value is -0.550. The summed E-state index contributed by atoms with van der Waals surface area (Å²) in [7, 11) is -0.655. The summed E-state index contributed by atoms with van der Waals surface area (Å²) >= 11 is 0. The number of hydrogen-bond donors (Lipinski definition) is 0. The molecule has 0 heterocycles. The van der Waals surface area contributed by atoms with Crippen LogP contribution in [0.5, 0.6) is 0 Å². The van der Waals surface area contributed by atoms with Gasteiger partial charge in [0.2, 0.25) is 0 Å². The summed E-state index contributed by atoms with van der Waals surface area (Å²) in [5, 5.41) is 0. The van der Waals surface area contributed by atoms with E-state index in [1.807, 2.05) is 0 Å². The van der Waals surface area contributed by atoms with E-state index in [1.165, 1.54) is 31.4 Å². The fourth-order valence-electron chi connectivity index (χ4n) is 1.70. The second kappa shape index (κ2) is 6.25. The zero-order valence-corrected chi connectivity index (χ0v) is 12.0. The molecule has 0 aromatic heterocycles. The molecule has 2 heteroatoms. The molecule has 0 amide bonds. The summed E-state index contributed by atoms with van der Waals surface area (Å²) in [4.78, 5) is 2.52. The van der Waals surface area contributed by atoms with E-state index in [2.05, 4.69) is 62.1 Å². The van der Waals surface area contributed by atoms with E-state index in [0.29, 0.717) is 0 Å². The van der Waals surface area contributed by atoms with Gasteiger partial charge in [-0.3, -0.25) is 0 Å². The van der Waals surface area contributed by atoms with Gasteiger partial charge in [0.1, 0.15) is 0 Å². The van der Waals surface area contributed by atoms with Gasteiger partial charge in [-0.05, 0) is 18.6 Å². The van der Waals surface area contributed by atoms with Crippen molar-refractivity contribution >= 4 is 12.9 Å². The molecule has 1 nitrogen and oxygen atoms in total. The molecule has 0 aliphatic carbocycles. The Morgan fingerprint density at radius 2 is 1.62 bits per heavy atom. The Labute approximate surface area is 101 Å². The lowest BCUT2D eigenvalue weighted by Crippen LogP contribution is -2.27. The van der Waals surface area contributed by atoms with Crippen molar-refractivity contribution in [3.8, 4) is 0 Å². The fourth-order valence-corrected chi connectivity index (χ4v) is 2.54. The number of benzene rings is 1. The number of para-hydroxylation sites is 1. The quantitative estimate of drug-likeness (QED) is 0.681. The Balaban J connectivity index is 2.61. The maximum absolute atomic E-state index is 2.52. The summed E-state index contributed by atoms with van der Waals surface area (Å²) in [6.07, 6.45) is 2.57. The van der Waals surface area contributed by atoms with Gasteiger partial charge in [0, 0.05) is 39.5 Å². The molecule has 16 heavy (non-hydrogen) atoms. The summed E-state index contributed by atoms with van der Waals surface area (Å²) in [5.74, 6) is 0. The van der Waals surface area contributed by atoms with Crippen LogP contribution in [0.1, 0.15) is 13.3 Å². The number of anilines is 1. The first kappa shape index (κ1) is 13.5. The molecule has 0 atom stereocenters. The van der Waals surface area contributed by atoms with Crippen molar-refractivity contribution in [1.29, 1.82) is 0 Å². The monoisotopic (exact) mass is 238 g/mol. The second-order valence-corrected chi connectivity index (χ2v) is 10.4. The first-order chi connectivity index (χ1) is 7.53. The van der Waals surface area contributed by atoms with E-state index in [0.717, 1.165) is 0 Å². The zero-order chi connectivity index (χ0) is 12.0. The predicted octanol–water partition coefficient (Wildman–Crippen LogP) is 3.81. The molecule has 1 aromatic rings. The molecule has 0 aliphatic rings. The summed E-state index contributed by atoms with van der Waals surface area (Å²) in [5.41, 5.74) is 1.37. The second-order valence-electron chi connectivity index (χ2n) is 5.34. The maximum atomic E-state index is 2.52. The fraction of sp³-hybridized carbons (Fsp3) is 0.571. The van der Waals surface area contributed by atoms with Gasteiger partial charge in [-0.25, -0.2) is 0 Å². The lowest BCUT2D eigenvalue weighted by Gasteiger charge is -2.25. The third kappa shape index (κ3) is 4.99. The van der Waals surface area contributed by atoms with Crippen LogP contribution in [-0.2, 0) is 0 Å². The van der Waals surface area contributed by atoms with Gasteiger partial charge in [0.15, 0.2) is 0 Å². The lowest BCUT2D eigenvalue weighted by atomic mass is 10.3. The molecule has 1 aromatic carbocycles. The molecule has 0 saturated carbocycles. The molecule has 0 N–H and O–H groups in total. The van der Waals surface area contributed by atoms with Crippen LogP contribution in [0.4, 0.5) is 5.69 Å². The molecule has 0 radical (unpaired) electrons. The molecule has 90 valence electrons. The van der Waals surface area contributed by atoms with Crippen molar-refractivity contribution in [2.24, 2.45) is 0 Å². The number of rotatable bonds is 6. The van der Waals surface area contributed by atoms with Gasteiger partial charge in [0.05, 0.1) is 12.7 Å². The molecular weight excluding hydrogens is 213 g/mol. The summed E-state index contributed by atoms with van der Waals surface area (Å²) in [6.45, 7) is 11.9. The van der Waals surface area contributed by atoms with Crippen LogP contribution >= 0.6 is 7.26 Å². The van der Waals surface area contributed by atoms with Crippen LogP contribution in [0.2, 0.25) is 0 Å². The minimum Gasteiger partial charge on any atom is -0.368 e. The SMILES string of the molecule is CCCN(CC[P+](C)(C)C)c1ccccc1. The van der Waals surface area contributed by atoms with Gasteiger partial charge in [-0.2, -0.15) is 0 Å². The molecule has 0 spiro atoms. The van der Waals surface area contributed by atoms with Crippen molar-refractivity contribution in [3.63, 3.8) is 0 Å². The Bertz CT molecular complexity index is 289. The normalized spacial score (nSPS) is 11.5. The highest BCUT2D eigenvalue weighted by Gasteiger charge is 2.18. The number of nitrogens with zero attached hydrogens (tertiary/aromatic N) is 1. The van der Waals surface area contributed by atoms with Crippen molar-refractivity contribution < 1.29 is 0 Å². The molecule has 0 saturated heterocycles. The minimum absolute atomic E-state index is 0.655. The third-order valence-corrected chi connectivity index (χ3v) is 4.20. The van der Waals surface area contributed by atoms with Crippen molar-refractivity contribution in [3.05, 3.63) is 30.3 Å². The van der Waals surface area contributed by atoms with Crippen molar-refractivity contribution in [2.45, 2.75) is 13.3 Å². The largest absolute Gasteiger partial charge is 0.368 e. The van der Waals surface area contributed by atoms with Crippen LogP contribution in [0, 0.1) is 0 Å². The van der Waals surface area contributed by atoms with Crippen LogP contribution in [-0.4, -0.2) is 39.2 Å². The summed E-state index contributed by atoms with van der Waals surface area (Å²) in [6, 6.07) is 10.8. The van der Waals surface area contributed by atoms with Gasteiger partial charge < -0.3 is 4.90 Å².